The van der Waals surface area contributed by atoms with Crippen molar-refractivity contribution in [3.05, 3.63) is 53.1 Å². The molecule has 5 heteroatoms. The average molecular weight is 343 g/mol. The Balaban J connectivity index is 1.94. The fraction of sp³-hybridized carbons (Fsp3) is 0.350. The molecule has 0 aliphatic rings. The Morgan fingerprint density at radius 2 is 1.72 bits per heavy atom. The van der Waals surface area contributed by atoms with Gasteiger partial charge in [0.15, 0.2) is 17.6 Å². The van der Waals surface area contributed by atoms with E-state index in [1.54, 1.807) is 21.1 Å². The second-order valence-electron chi connectivity index (χ2n) is 5.91. The van der Waals surface area contributed by atoms with Crippen molar-refractivity contribution in [1.82, 2.24) is 5.32 Å². The van der Waals surface area contributed by atoms with Gasteiger partial charge in [-0.2, -0.15) is 0 Å². The lowest BCUT2D eigenvalue weighted by atomic mass is 10.1. The van der Waals surface area contributed by atoms with Crippen molar-refractivity contribution in [2.45, 2.75) is 33.4 Å². The van der Waals surface area contributed by atoms with Crippen molar-refractivity contribution in [2.75, 3.05) is 14.2 Å². The van der Waals surface area contributed by atoms with Crippen LogP contribution in [-0.4, -0.2) is 26.2 Å². The summed E-state index contributed by atoms with van der Waals surface area (Å²) < 4.78 is 16.2. The summed E-state index contributed by atoms with van der Waals surface area (Å²) in [4.78, 5) is 12.3. The molecule has 25 heavy (non-hydrogen) atoms. The number of ether oxygens (including phenoxy) is 3. The number of amides is 1. The molecular formula is C20H25NO4. The van der Waals surface area contributed by atoms with E-state index in [2.05, 4.69) is 5.32 Å². The fourth-order valence-corrected chi connectivity index (χ4v) is 2.37. The predicted octanol–water partition coefficient (Wildman–Crippen LogP) is 3.40. The summed E-state index contributed by atoms with van der Waals surface area (Å²) in [7, 11) is 3.17. The van der Waals surface area contributed by atoms with Gasteiger partial charge in [0.1, 0.15) is 5.75 Å². The van der Waals surface area contributed by atoms with Gasteiger partial charge in [-0.1, -0.05) is 12.1 Å². The van der Waals surface area contributed by atoms with Crippen molar-refractivity contribution < 1.29 is 19.0 Å². The molecule has 0 spiro atoms. The number of carbonyl (C=O) groups excluding carboxylic acids is 1. The molecule has 2 aromatic rings. The standard InChI is InChI=1S/C20H25NO4/c1-13-6-8-17(10-14(13)2)25-15(3)20(22)21-12-16-7-9-18(23-4)19(11-16)24-5/h6-11,15H,12H2,1-5H3,(H,21,22)/t15-/m0/s1. The van der Waals surface area contributed by atoms with Gasteiger partial charge in [-0.05, 0) is 61.7 Å². The maximum Gasteiger partial charge on any atom is 0.261 e. The summed E-state index contributed by atoms with van der Waals surface area (Å²) >= 11 is 0. The first-order valence-electron chi connectivity index (χ1n) is 8.17. The maximum absolute atomic E-state index is 12.3. The molecule has 0 unspecified atom stereocenters. The van der Waals surface area contributed by atoms with Gasteiger partial charge in [-0.3, -0.25) is 4.79 Å². The SMILES string of the molecule is COc1ccc(CNC(=O)[C@H](C)Oc2ccc(C)c(C)c2)cc1OC. The van der Waals surface area contributed by atoms with E-state index >= 15 is 0 Å². The average Bonchev–Trinajstić information content (AvgIpc) is 2.62. The van der Waals surface area contributed by atoms with Crippen molar-refractivity contribution in [1.29, 1.82) is 0 Å². The summed E-state index contributed by atoms with van der Waals surface area (Å²) in [5.74, 6) is 1.81. The Hall–Kier alpha value is -2.69. The molecule has 0 aliphatic carbocycles. The molecule has 2 rings (SSSR count). The molecule has 0 saturated heterocycles. The molecule has 0 aromatic heterocycles. The largest absolute Gasteiger partial charge is 0.493 e. The van der Waals surface area contributed by atoms with E-state index in [1.165, 1.54) is 5.56 Å². The van der Waals surface area contributed by atoms with E-state index < -0.39 is 6.10 Å². The predicted molar refractivity (Wildman–Crippen MR) is 97.4 cm³/mol. The zero-order chi connectivity index (χ0) is 18.4. The number of carbonyl (C=O) groups is 1. The zero-order valence-electron chi connectivity index (χ0n) is 15.4. The van der Waals surface area contributed by atoms with Gasteiger partial charge in [-0.25, -0.2) is 0 Å². The summed E-state index contributed by atoms with van der Waals surface area (Å²) in [5.41, 5.74) is 3.25. The van der Waals surface area contributed by atoms with Gasteiger partial charge in [0.2, 0.25) is 0 Å². The molecule has 5 nitrogen and oxygen atoms in total. The minimum atomic E-state index is -0.581. The minimum Gasteiger partial charge on any atom is -0.493 e. The van der Waals surface area contributed by atoms with Crippen LogP contribution in [0.2, 0.25) is 0 Å². The first-order chi connectivity index (χ1) is 11.9. The van der Waals surface area contributed by atoms with Gasteiger partial charge in [0.05, 0.1) is 14.2 Å². The zero-order valence-corrected chi connectivity index (χ0v) is 15.4. The van der Waals surface area contributed by atoms with E-state index in [0.717, 1.165) is 11.1 Å². The molecule has 0 fully saturated rings. The van der Waals surface area contributed by atoms with Crippen LogP contribution >= 0.6 is 0 Å². The lowest BCUT2D eigenvalue weighted by molar-refractivity contribution is -0.127. The smallest absolute Gasteiger partial charge is 0.261 e. The first kappa shape index (κ1) is 18.6. The number of benzene rings is 2. The van der Waals surface area contributed by atoms with E-state index in [9.17, 15) is 4.79 Å². The molecule has 1 N–H and O–H groups in total. The highest BCUT2D eigenvalue weighted by atomic mass is 16.5. The van der Waals surface area contributed by atoms with Crippen LogP contribution in [0.5, 0.6) is 17.2 Å². The van der Waals surface area contributed by atoms with Crippen LogP contribution in [0, 0.1) is 13.8 Å². The van der Waals surface area contributed by atoms with Crippen molar-refractivity contribution in [3.8, 4) is 17.2 Å². The van der Waals surface area contributed by atoms with Gasteiger partial charge in [0, 0.05) is 6.54 Å². The van der Waals surface area contributed by atoms with Crippen molar-refractivity contribution in [3.63, 3.8) is 0 Å². The van der Waals surface area contributed by atoms with E-state index in [0.29, 0.717) is 23.8 Å². The van der Waals surface area contributed by atoms with Crippen molar-refractivity contribution in [2.24, 2.45) is 0 Å². The van der Waals surface area contributed by atoms with Crippen LogP contribution < -0.4 is 19.5 Å². The molecule has 0 radical (unpaired) electrons. The lowest BCUT2D eigenvalue weighted by Crippen LogP contribution is -2.35. The van der Waals surface area contributed by atoms with Gasteiger partial charge in [-0.15, -0.1) is 0 Å². The topological polar surface area (TPSA) is 56.8 Å². The third-order valence-corrected chi connectivity index (χ3v) is 4.08. The fourth-order valence-electron chi connectivity index (χ4n) is 2.37. The van der Waals surface area contributed by atoms with Crippen LogP contribution in [0.25, 0.3) is 0 Å². The first-order valence-corrected chi connectivity index (χ1v) is 8.17. The van der Waals surface area contributed by atoms with Crippen LogP contribution in [0.3, 0.4) is 0 Å². The number of nitrogens with one attached hydrogen (secondary N) is 1. The summed E-state index contributed by atoms with van der Waals surface area (Å²) in [5, 5.41) is 2.87. The Morgan fingerprint density at radius 1 is 1.00 bits per heavy atom. The second-order valence-corrected chi connectivity index (χ2v) is 5.91. The summed E-state index contributed by atoms with van der Waals surface area (Å²) in [6.07, 6.45) is -0.581. The van der Waals surface area contributed by atoms with Gasteiger partial charge in [0.25, 0.3) is 5.91 Å². The quantitative estimate of drug-likeness (QED) is 0.837. The molecule has 2 aromatic carbocycles. The molecule has 1 atom stereocenters. The van der Waals surface area contributed by atoms with Crippen LogP contribution in [-0.2, 0) is 11.3 Å². The third kappa shape index (κ3) is 4.89. The lowest BCUT2D eigenvalue weighted by Gasteiger charge is -2.16. The van der Waals surface area contributed by atoms with Crippen LogP contribution in [0.4, 0.5) is 0 Å². The third-order valence-electron chi connectivity index (χ3n) is 4.08. The Bertz CT molecular complexity index is 742. The molecule has 0 aliphatic heterocycles. The monoisotopic (exact) mass is 343 g/mol. The minimum absolute atomic E-state index is 0.173. The van der Waals surface area contributed by atoms with Gasteiger partial charge < -0.3 is 19.5 Å². The summed E-state index contributed by atoms with van der Waals surface area (Å²) in [6.45, 7) is 6.18. The molecule has 0 bridgehead atoms. The molecule has 1 amide bonds. The second kappa shape index (κ2) is 8.42. The highest BCUT2D eigenvalue weighted by molar-refractivity contribution is 5.80. The highest BCUT2D eigenvalue weighted by Gasteiger charge is 2.15. The normalized spacial score (nSPS) is 11.6. The van der Waals surface area contributed by atoms with E-state index in [-0.39, 0.29) is 5.91 Å². The Morgan fingerprint density at radius 3 is 2.36 bits per heavy atom. The van der Waals surface area contributed by atoms with Crippen LogP contribution in [0.1, 0.15) is 23.6 Å². The number of rotatable bonds is 7. The maximum atomic E-state index is 12.3. The van der Waals surface area contributed by atoms with E-state index in [1.807, 2.05) is 50.2 Å². The number of aryl methyl sites for hydroxylation is 2. The van der Waals surface area contributed by atoms with E-state index in [4.69, 9.17) is 14.2 Å². The van der Waals surface area contributed by atoms with Gasteiger partial charge >= 0.3 is 0 Å². The Labute approximate surface area is 148 Å². The molecule has 0 heterocycles. The molecule has 134 valence electrons. The summed E-state index contributed by atoms with van der Waals surface area (Å²) in [6, 6.07) is 11.3. The Kier molecular flexibility index (Phi) is 6.28. The van der Waals surface area contributed by atoms with Crippen molar-refractivity contribution >= 4 is 5.91 Å². The number of hydrogen-bond acceptors (Lipinski definition) is 4. The molecule has 0 saturated carbocycles. The number of hydrogen-bond donors (Lipinski definition) is 1. The van der Waals surface area contributed by atoms with Crippen LogP contribution in [0.15, 0.2) is 36.4 Å². The molecular weight excluding hydrogens is 318 g/mol. The highest BCUT2D eigenvalue weighted by Crippen LogP contribution is 2.27. The number of methoxy groups -OCH3 is 2.